The number of esters is 1. The van der Waals surface area contributed by atoms with E-state index in [9.17, 15) is 9.59 Å². The average molecular weight is 259 g/mol. The maximum Gasteiger partial charge on any atom is 0.331 e. The van der Waals surface area contributed by atoms with Crippen LogP contribution in [0.1, 0.15) is 31.4 Å². The number of carbonyl (C=O) groups excluding carboxylic acids is 2. The van der Waals surface area contributed by atoms with Gasteiger partial charge < -0.3 is 10.1 Å². The highest BCUT2D eigenvalue weighted by molar-refractivity contribution is 5.88. The molecule has 1 N–H and O–H groups in total. The molecule has 0 aromatic heterocycles. The average Bonchev–Trinajstić information content (AvgIpc) is 3.21. The Balaban J connectivity index is 2.12. The van der Waals surface area contributed by atoms with Crippen LogP contribution >= 0.6 is 0 Å². The first-order valence-corrected chi connectivity index (χ1v) is 6.39. The van der Waals surface area contributed by atoms with Crippen molar-refractivity contribution >= 4 is 11.9 Å². The predicted molar refractivity (Wildman–Crippen MR) is 71.3 cm³/mol. The van der Waals surface area contributed by atoms with Gasteiger partial charge >= 0.3 is 5.97 Å². The molecule has 2 rings (SSSR count). The molecule has 1 aromatic carbocycles. The van der Waals surface area contributed by atoms with E-state index in [1.54, 1.807) is 25.1 Å². The molecule has 1 atom stereocenters. The van der Waals surface area contributed by atoms with Crippen LogP contribution < -0.4 is 5.32 Å². The van der Waals surface area contributed by atoms with Gasteiger partial charge in [0.15, 0.2) is 0 Å². The Labute approximate surface area is 112 Å². The third-order valence-corrected chi connectivity index (χ3v) is 2.80. The lowest BCUT2D eigenvalue weighted by Gasteiger charge is -2.17. The Morgan fingerprint density at radius 1 is 1.32 bits per heavy atom. The second kappa shape index (κ2) is 6.18. The summed E-state index contributed by atoms with van der Waals surface area (Å²) in [5, 5.41) is 2.86. The van der Waals surface area contributed by atoms with Gasteiger partial charge in [0.25, 0.3) is 5.91 Å². The minimum Gasteiger partial charge on any atom is -0.444 e. The standard InChI is InChI=1S/C15H17NO3/c1-2-6-13(17)19-14(11-7-4-3-5-8-11)15(18)16-12-9-10-12/h2-8,12,14H,9-10H2,1H3,(H,16,18)/b6-2+/t14-/m1/s1. The summed E-state index contributed by atoms with van der Waals surface area (Å²) in [6.07, 6.45) is 4.00. The van der Waals surface area contributed by atoms with Gasteiger partial charge in [-0.3, -0.25) is 4.79 Å². The third kappa shape index (κ3) is 3.95. The summed E-state index contributed by atoms with van der Waals surface area (Å²) in [4.78, 5) is 23.7. The predicted octanol–water partition coefficient (Wildman–Crippen LogP) is 2.13. The number of carbonyl (C=O) groups is 2. The molecule has 19 heavy (non-hydrogen) atoms. The van der Waals surface area contributed by atoms with Gasteiger partial charge in [-0.05, 0) is 19.8 Å². The van der Waals surface area contributed by atoms with E-state index in [2.05, 4.69) is 5.32 Å². The van der Waals surface area contributed by atoms with Crippen molar-refractivity contribution < 1.29 is 14.3 Å². The lowest BCUT2D eigenvalue weighted by Crippen LogP contribution is -2.33. The van der Waals surface area contributed by atoms with Crippen molar-refractivity contribution in [2.45, 2.75) is 31.9 Å². The third-order valence-electron chi connectivity index (χ3n) is 2.80. The van der Waals surface area contributed by atoms with Crippen LogP contribution in [0.2, 0.25) is 0 Å². The molecule has 100 valence electrons. The summed E-state index contributed by atoms with van der Waals surface area (Å²) < 4.78 is 5.23. The first-order valence-electron chi connectivity index (χ1n) is 6.39. The van der Waals surface area contributed by atoms with E-state index < -0.39 is 12.1 Å². The fourth-order valence-electron chi connectivity index (χ4n) is 1.70. The SMILES string of the molecule is C/C=C/C(=O)O[C@@H](C(=O)NC1CC1)c1ccccc1. The molecule has 1 fully saturated rings. The van der Waals surface area contributed by atoms with Crippen LogP contribution in [-0.4, -0.2) is 17.9 Å². The summed E-state index contributed by atoms with van der Waals surface area (Å²) in [5.74, 6) is -0.770. The summed E-state index contributed by atoms with van der Waals surface area (Å²) in [5.41, 5.74) is 0.679. The normalized spacial score (nSPS) is 16.1. The van der Waals surface area contributed by atoms with Gasteiger partial charge in [-0.1, -0.05) is 36.4 Å². The second-order valence-corrected chi connectivity index (χ2v) is 4.51. The van der Waals surface area contributed by atoms with E-state index in [0.717, 1.165) is 12.8 Å². The van der Waals surface area contributed by atoms with E-state index >= 15 is 0 Å². The number of nitrogens with one attached hydrogen (secondary N) is 1. The monoisotopic (exact) mass is 259 g/mol. The van der Waals surface area contributed by atoms with Crippen LogP contribution in [0.25, 0.3) is 0 Å². The molecule has 1 saturated carbocycles. The lowest BCUT2D eigenvalue weighted by molar-refractivity contribution is -0.152. The lowest BCUT2D eigenvalue weighted by atomic mass is 10.1. The highest BCUT2D eigenvalue weighted by Crippen LogP contribution is 2.23. The maximum atomic E-state index is 12.1. The minimum absolute atomic E-state index is 0.235. The van der Waals surface area contributed by atoms with Crippen molar-refractivity contribution in [1.82, 2.24) is 5.32 Å². The number of allylic oxidation sites excluding steroid dienone is 1. The Morgan fingerprint density at radius 2 is 2.00 bits per heavy atom. The zero-order valence-corrected chi connectivity index (χ0v) is 10.8. The van der Waals surface area contributed by atoms with Crippen molar-refractivity contribution in [3.63, 3.8) is 0 Å². The highest BCUT2D eigenvalue weighted by Gasteiger charge is 2.30. The van der Waals surface area contributed by atoms with Crippen LogP contribution in [0.5, 0.6) is 0 Å². The zero-order valence-electron chi connectivity index (χ0n) is 10.8. The van der Waals surface area contributed by atoms with Gasteiger partial charge in [0.1, 0.15) is 0 Å². The molecule has 1 aliphatic rings. The molecule has 4 heteroatoms. The molecule has 4 nitrogen and oxygen atoms in total. The van der Waals surface area contributed by atoms with Crippen molar-refractivity contribution in [2.75, 3.05) is 0 Å². The summed E-state index contributed by atoms with van der Waals surface area (Å²) >= 11 is 0. The van der Waals surface area contributed by atoms with E-state index in [-0.39, 0.29) is 11.9 Å². The maximum absolute atomic E-state index is 12.1. The molecule has 0 saturated heterocycles. The molecule has 0 radical (unpaired) electrons. The Kier molecular flexibility index (Phi) is 4.34. The summed E-state index contributed by atoms with van der Waals surface area (Å²) in [6.45, 7) is 1.73. The molecule has 0 heterocycles. The number of ether oxygens (including phenoxy) is 1. The molecule has 0 bridgehead atoms. The Hall–Kier alpha value is -2.10. The van der Waals surface area contributed by atoms with E-state index in [1.165, 1.54) is 6.08 Å². The summed E-state index contributed by atoms with van der Waals surface area (Å²) in [6, 6.07) is 9.28. The minimum atomic E-state index is -0.884. The first kappa shape index (κ1) is 13.3. The smallest absolute Gasteiger partial charge is 0.331 e. The van der Waals surface area contributed by atoms with Crippen LogP contribution in [0.4, 0.5) is 0 Å². The molecular weight excluding hydrogens is 242 g/mol. The second-order valence-electron chi connectivity index (χ2n) is 4.51. The fourth-order valence-corrected chi connectivity index (χ4v) is 1.70. The van der Waals surface area contributed by atoms with Gasteiger partial charge in [0.2, 0.25) is 6.10 Å². The molecule has 1 aliphatic carbocycles. The molecular formula is C15H17NO3. The van der Waals surface area contributed by atoms with Crippen LogP contribution in [0.15, 0.2) is 42.5 Å². The van der Waals surface area contributed by atoms with Crippen molar-refractivity contribution in [3.8, 4) is 0 Å². The van der Waals surface area contributed by atoms with E-state index in [4.69, 9.17) is 4.74 Å². The van der Waals surface area contributed by atoms with Gasteiger partial charge in [-0.15, -0.1) is 0 Å². The highest BCUT2D eigenvalue weighted by atomic mass is 16.5. The number of benzene rings is 1. The number of rotatable bonds is 5. The number of amides is 1. The first-order chi connectivity index (χ1) is 9.20. The summed E-state index contributed by atoms with van der Waals surface area (Å²) in [7, 11) is 0. The Bertz CT molecular complexity index is 477. The molecule has 0 unspecified atom stereocenters. The van der Waals surface area contributed by atoms with Gasteiger partial charge in [0.05, 0.1) is 0 Å². The van der Waals surface area contributed by atoms with Crippen LogP contribution in [0.3, 0.4) is 0 Å². The molecule has 1 amide bonds. The quantitative estimate of drug-likeness (QED) is 0.651. The van der Waals surface area contributed by atoms with Gasteiger partial charge in [-0.2, -0.15) is 0 Å². The van der Waals surface area contributed by atoms with E-state index in [1.807, 2.05) is 18.2 Å². The molecule has 0 aliphatic heterocycles. The van der Waals surface area contributed by atoms with Gasteiger partial charge in [-0.25, -0.2) is 4.79 Å². The fraction of sp³-hybridized carbons (Fsp3) is 0.333. The number of hydrogen-bond acceptors (Lipinski definition) is 3. The topological polar surface area (TPSA) is 55.4 Å². The van der Waals surface area contributed by atoms with E-state index in [0.29, 0.717) is 5.56 Å². The molecule has 0 spiro atoms. The Morgan fingerprint density at radius 3 is 2.58 bits per heavy atom. The van der Waals surface area contributed by atoms with Gasteiger partial charge in [0, 0.05) is 17.7 Å². The van der Waals surface area contributed by atoms with Crippen molar-refractivity contribution in [3.05, 3.63) is 48.0 Å². The number of hydrogen-bond donors (Lipinski definition) is 1. The molecule has 1 aromatic rings. The van der Waals surface area contributed by atoms with Crippen molar-refractivity contribution in [2.24, 2.45) is 0 Å². The van der Waals surface area contributed by atoms with Crippen molar-refractivity contribution in [1.29, 1.82) is 0 Å². The van der Waals surface area contributed by atoms with Crippen LogP contribution in [0, 0.1) is 0 Å². The zero-order chi connectivity index (χ0) is 13.7. The van der Waals surface area contributed by atoms with Crippen LogP contribution in [-0.2, 0) is 14.3 Å². The largest absolute Gasteiger partial charge is 0.444 e.